The second kappa shape index (κ2) is 6.99. The molecule has 1 aliphatic rings. The number of rotatable bonds is 7. The highest BCUT2D eigenvalue weighted by molar-refractivity contribution is 5.94. The van der Waals surface area contributed by atoms with Gasteiger partial charge in [-0.3, -0.25) is 4.79 Å². The minimum Gasteiger partial charge on any atom is -0.440 e. The van der Waals surface area contributed by atoms with E-state index in [0.29, 0.717) is 30.0 Å². The maximum Gasteiger partial charge on any atom is 0.273 e. The van der Waals surface area contributed by atoms with E-state index in [-0.39, 0.29) is 5.91 Å². The van der Waals surface area contributed by atoms with Crippen LogP contribution in [0.1, 0.15) is 61.7 Å². The minimum atomic E-state index is -0.110. The molecule has 122 valence electrons. The molecule has 1 aromatic carbocycles. The Morgan fingerprint density at radius 3 is 2.70 bits per heavy atom. The fourth-order valence-electron chi connectivity index (χ4n) is 2.62. The number of nitrogens with one attached hydrogen (secondary N) is 1. The molecule has 4 heteroatoms. The first-order valence-electron chi connectivity index (χ1n) is 8.49. The number of benzene rings is 1. The number of carbonyl (C=O) groups is 1. The number of aromatic nitrogens is 1. The monoisotopic (exact) mass is 312 g/mol. The molecule has 23 heavy (non-hydrogen) atoms. The first kappa shape index (κ1) is 15.8. The molecule has 0 saturated heterocycles. The van der Waals surface area contributed by atoms with Crippen molar-refractivity contribution in [2.45, 2.75) is 45.4 Å². The van der Waals surface area contributed by atoms with Crippen molar-refractivity contribution in [2.24, 2.45) is 5.92 Å². The largest absolute Gasteiger partial charge is 0.440 e. The highest BCUT2D eigenvalue weighted by Gasteiger charge is 2.34. The number of hydrogen-bond donors (Lipinski definition) is 1. The van der Waals surface area contributed by atoms with Crippen molar-refractivity contribution in [1.82, 2.24) is 10.3 Å². The van der Waals surface area contributed by atoms with E-state index >= 15 is 0 Å². The van der Waals surface area contributed by atoms with E-state index in [2.05, 4.69) is 24.1 Å². The molecule has 3 rings (SSSR count). The Kier molecular flexibility index (Phi) is 4.79. The maximum absolute atomic E-state index is 12.5. The molecule has 0 spiro atoms. The molecule has 4 nitrogen and oxygen atoms in total. The third-order valence-electron chi connectivity index (χ3n) is 4.08. The molecule has 0 bridgehead atoms. The molecule has 1 heterocycles. The average molecular weight is 312 g/mol. The topological polar surface area (TPSA) is 55.1 Å². The van der Waals surface area contributed by atoms with Crippen LogP contribution in [-0.4, -0.2) is 17.4 Å². The van der Waals surface area contributed by atoms with Gasteiger partial charge in [0.2, 0.25) is 5.89 Å². The number of hydrogen-bond acceptors (Lipinski definition) is 3. The lowest BCUT2D eigenvalue weighted by Gasteiger charge is -2.06. The van der Waals surface area contributed by atoms with Crippen molar-refractivity contribution in [3.05, 3.63) is 41.8 Å². The molecule has 1 amide bonds. The normalized spacial score (nSPS) is 14.2. The standard InChI is InChI=1S/C19H24N2O2/c1-13(2)7-6-12-20-18(22)16-17(14-10-11-14)23-19(21-16)15-8-4-3-5-9-15/h3-5,8-9,13-14H,6-7,10-12H2,1-2H3,(H,20,22). The summed E-state index contributed by atoms with van der Waals surface area (Å²) in [6, 6.07) is 9.75. The zero-order valence-electron chi connectivity index (χ0n) is 13.8. The van der Waals surface area contributed by atoms with Crippen LogP contribution in [0.2, 0.25) is 0 Å². The number of nitrogens with zero attached hydrogens (tertiary/aromatic N) is 1. The van der Waals surface area contributed by atoms with Crippen LogP contribution >= 0.6 is 0 Å². The highest BCUT2D eigenvalue weighted by atomic mass is 16.4. The van der Waals surface area contributed by atoms with Crippen LogP contribution in [0.3, 0.4) is 0 Å². The molecule has 0 atom stereocenters. The summed E-state index contributed by atoms with van der Waals surface area (Å²) in [5.41, 5.74) is 1.38. The van der Waals surface area contributed by atoms with Crippen molar-refractivity contribution in [1.29, 1.82) is 0 Å². The van der Waals surface area contributed by atoms with Gasteiger partial charge in [0.05, 0.1) is 0 Å². The van der Waals surface area contributed by atoms with Crippen molar-refractivity contribution in [2.75, 3.05) is 6.54 Å². The van der Waals surface area contributed by atoms with E-state index in [1.807, 2.05) is 30.3 Å². The first-order chi connectivity index (χ1) is 11.1. The Labute approximate surface area is 137 Å². The van der Waals surface area contributed by atoms with Gasteiger partial charge in [0.15, 0.2) is 5.69 Å². The van der Waals surface area contributed by atoms with Gasteiger partial charge in [0.1, 0.15) is 5.76 Å². The molecule has 1 fully saturated rings. The van der Waals surface area contributed by atoms with Crippen LogP contribution in [0.25, 0.3) is 11.5 Å². The second-order valence-electron chi connectivity index (χ2n) is 6.66. The molecule has 1 aliphatic carbocycles. The zero-order chi connectivity index (χ0) is 16.2. The van der Waals surface area contributed by atoms with Gasteiger partial charge in [0, 0.05) is 18.0 Å². The van der Waals surface area contributed by atoms with Crippen LogP contribution in [0.5, 0.6) is 0 Å². The molecular formula is C19H24N2O2. The summed E-state index contributed by atoms with van der Waals surface area (Å²) in [5, 5.41) is 2.98. The lowest BCUT2D eigenvalue weighted by molar-refractivity contribution is 0.0946. The molecule has 2 aromatic rings. The van der Waals surface area contributed by atoms with Crippen molar-refractivity contribution >= 4 is 5.91 Å². The van der Waals surface area contributed by atoms with Crippen molar-refractivity contribution < 1.29 is 9.21 Å². The summed E-state index contributed by atoms with van der Waals surface area (Å²) in [7, 11) is 0. The predicted octanol–water partition coefficient (Wildman–Crippen LogP) is 4.39. The van der Waals surface area contributed by atoms with E-state index in [9.17, 15) is 4.79 Å². The average Bonchev–Trinajstić information content (AvgIpc) is 3.30. The fraction of sp³-hybridized carbons (Fsp3) is 0.474. The SMILES string of the molecule is CC(C)CCCNC(=O)c1nc(-c2ccccc2)oc1C1CC1. The van der Waals surface area contributed by atoms with Gasteiger partial charge in [-0.05, 0) is 43.7 Å². The maximum atomic E-state index is 12.5. The molecule has 1 aromatic heterocycles. The summed E-state index contributed by atoms with van der Waals surface area (Å²) in [5.74, 6) is 2.20. The van der Waals surface area contributed by atoms with Gasteiger partial charge >= 0.3 is 0 Å². The summed E-state index contributed by atoms with van der Waals surface area (Å²) < 4.78 is 5.92. The molecular weight excluding hydrogens is 288 g/mol. The summed E-state index contributed by atoms with van der Waals surface area (Å²) in [4.78, 5) is 16.9. The molecule has 0 aliphatic heterocycles. The Morgan fingerprint density at radius 1 is 1.30 bits per heavy atom. The van der Waals surface area contributed by atoms with Crippen LogP contribution in [0.4, 0.5) is 0 Å². The molecule has 1 N–H and O–H groups in total. The van der Waals surface area contributed by atoms with E-state index in [1.165, 1.54) is 0 Å². The van der Waals surface area contributed by atoms with Gasteiger partial charge in [-0.15, -0.1) is 0 Å². The predicted molar refractivity (Wildman–Crippen MR) is 90.3 cm³/mol. The van der Waals surface area contributed by atoms with Crippen LogP contribution in [0, 0.1) is 5.92 Å². The molecule has 0 unspecified atom stereocenters. The van der Waals surface area contributed by atoms with E-state index < -0.39 is 0 Å². The van der Waals surface area contributed by atoms with Gasteiger partial charge in [-0.1, -0.05) is 32.0 Å². The Balaban J connectivity index is 1.73. The highest BCUT2D eigenvalue weighted by Crippen LogP contribution is 2.43. The summed E-state index contributed by atoms with van der Waals surface area (Å²) >= 11 is 0. The second-order valence-corrected chi connectivity index (χ2v) is 6.66. The lowest BCUT2D eigenvalue weighted by atomic mass is 10.1. The molecule has 1 saturated carbocycles. The quantitative estimate of drug-likeness (QED) is 0.772. The van der Waals surface area contributed by atoms with Crippen molar-refractivity contribution in [3.8, 4) is 11.5 Å². The smallest absolute Gasteiger partial charge is 0.273 e. The Bertz CT molecular complexity index is 657. The van der Waals surface area contributed by atoms with E-state index in [1.54, 1.807) is 0 Å². The third-order valence-corrected chi connectivity index (χ3v) is 4.08. The number of amides is 1. The zero-order valence-corrected chi connectivity index (χ0v) is 13.8. The Morgan fingerprint density at radius 2 is 2.04 bits per heavy atom. The van der Waals surface area contributed by atoms with E-state index in [4.69, 9.17) is 4.42 Å². The number of carbonyl (C=O) groups excluding carboxylic acids is 1. The fourth-order valence-corrected chi connectivity index (χ4v) is 2.62. The van der Waals surface area contributed by atoms with Gasteiger partial charge in [-0.2, -0.15) is 0 Å². The van der Waals surface area contributed by atoms with Crippen molar-refractivity contribution in [3.63, 3.8) is 0 Å². The van der Waals surface area contributed by atoms with E-state index in [0.717, 1.165) is 37.0 Å². The number of oxazole rings is 1. The van der Waals surface area contributed by atoms with Gasteiger partial charge in [0.25, 0.3) is 5.91 Å². The van der Waals surface area contributed by atoms with Crippen LogP contribution in [-0.2, 0) is 0 Å². The van der Waals surface area contributed by atoms with Gasteiger partial charge in [-0.25, -0.2) is 4.98 Å². The summed E-state index contributed by atoms with van der Waals surface area (Å²) in [6.45, 7) is 5.07. The first-order valence-corrected chi connectivity index (χ1v) is 8.49. The van der Waals surface area contributed by atoms with Gasteiger partial charge < -0.3 is 9.73 Å². The summed E-state index contributed by atoms with van der Waals surface area (Å²) in [6.07, 6.45) is 4.27. The minimum absolute atomic E-state index is 0.110. The molecule has 0 radical (unpaired) electrons. The van der Waals surface area contributed by atoms with Crippen LogP contribution in [0.15, 0.2) is 34.7 Å². The lowest BCUT2D eigenvalue weighted by Crippen LogP contribution is -2.25. The van der Waals surface area contributed by atoms with Crippen LogP contribution < -0.4 is 5.32 Å². The third kappa shape index (κ3) is 4.01. The Hall–Kier alpha value is -2.10.